The van der Waals surface area contributed by atoms with Gasteiger partial charge in [0.1, 0.15) is 23.9 Å². The quantitative estimate of drug-likeness (QED) is 0.735. The van der Waals surface area contributed by atoms with Gasteiger partial charge in [-0.25, -0.2) is 9.97 Å². The molecule has 1 aliphatic heterocycles. The summed E-state index contributed by atoms with van der Waals surface area (Å²) in [5.41, 5.74) is 8.80. The first-order chi connectivity index (χ1) is 12.3. The molecule has 126 valence electrons. The largest absolute Gasteiger partial charge is 0.373 e. The Kier molecular flexibility index (Phi) is 4.01. The average Bonchev–Trinajstić information content (AvgIpc) is 3.12. The highest BCUT2D eigenvalue weighted by atomic mass is 16.5. The van der Waals surface area contributed by atoms with Crippen molar-refractivity contribution in [2.45, 2.75) is 6.10 Å². The molecule has 0 aromatic carbocycles. The van der Waals surface area contributed by atoms with Crippen molar-refractivity contribution in [1.29, 1.82) is 5.26 Å². The molecule has 1 aliphatic rings. The van der Waals surface area contributed by atoms with Crippen LogP contribution >= 0.6 is 0 Å². The van der Waals surface area contributed by atoms with Gasteiger partial charge in [0, 0.05) is 49.4 Å². The number of fused-ring (bicyclic) bond motifs is 1. The Bertz CT molecular complexity index is 946. The molecule has 4 heterocycles. The third-order valence-electron chi connectivity index (χ3n) is 4.33. The van der Waals surface area contributed by atoms with Crippen LogP contribution in [0.5, 0.6) is 0 Å². The van der Waals surface area contributed by atoms with E-state index in [1.807, 2.05) is 12.3 Å². The van der Waals surface area contributed by atoms with Gasteiger partial charge in [-0.15, -0.1) is 0 Å². The number of aromatic amines is 1. The Morgan fingerprint density at radius 1 is 1.40 bits per heavy atom. The van der Waals surface area contributed by atoms with Gasteiger partial charge in [-0.2, -0.15) is 5.26 Å². The molecule has 1 saturated heterocycles. The lowest BCUT2D eigenvalue weighted by molar-refractivity contribution is 0.0464. The van der Waals surface area contributed by atoms with Gasteiger partial charge in [-0.3, -0.25) is 4.98 Å². The highest BCUT2D eigenvalue weighted by Crippen LogP contribution is 2.34. The summed E-state index contributed by atoms with van der Waals surface area (Å²) in [6, 6.07) is 3.94. The minimum absolute atomic E-state index is 0.00950. The van der Waals surface area contributed by atoms with Crippen LogP contribution in [0.1, 0.15) is 5.56 Å². The molecular weight excluding hydrogens is 318 g/mol. The van der Waals surface area contributed by atoms with Crippen molar-refractivity contribution in [2.24, 2.45) is 5.73 Å². The van der Waals surface area contributed by atoms with Crippen LogP contribution in [0.2, 0.25) is 0 Å². The summed E-state index contributed by atoms with van der Waals surface area (Å²) >= 11 is 0. The van der Waals surface area contributed by atoms with E-state index in [1.165, 1.54) is 0 Å². The van der Waals surface area contributed by atoms with E-state index in [0.717, 1.165) is 34.5 Å². The summed E-state index contributed by atoms with van der Waals surface area (Å²) < 4.78 is 5.65. The zero-order valence-electron chi connectivity index (χ0n) is 13.5. The van der Waals surface area contributed by atoms with Crippen LogP contribution in [0.4, 0.5) is 5.82 Å². The molecule has 0 radical (unpaired) electrons. The smallest absolute Gasteiger partial charge is 0.143 e. The van der Waals surface area contributed by atoms with Crippen molar-refractivity contribution in [3.05, 3.63) is 36.5 Å². The Hall–Kier alpha value is -3.02. The fourth-order valence-electron chi connectivity index (χ4n) is 3.12. The molecule has 3 N–H and O–H groups in total. The second kappa shape index (κ2) is 6.47. The number of aromatic nitrogens is 4. The van der Waals surface area contributed by atoms with Gasteiger partial charge < -0.3 is 20.4 Å². The minimum atomic E-state index is -0.00950. The third kappa shape index (κ3) is 2.80. The molecular formula is C17H17N7O. The molecule has 0 saturated carbocycles. The molecule has 3 aromatic heterocycles. The number of nitrogens with one attached hydrogen (secondary N) is 1. The van der Waals surface area contributed by atoms with Gasteiger partial charge in [0.05, 0.1) is 23.7 Å². The molecule has 3 aromatic rings. The number of H-pyrrole nitrogens is 1. The second-order valence-electron chi connectivity index (χ2n) is 5.87. The van der Waals surface area contributed by atoms with Crippen molar-refractivity contribution >= 4 is 16.9 Å². The first kappa shape index (κ1) is 15.5. The van der Waals surface area contributed by atoms with Crippen molar-refractivity contribution < 1.29 is 4.74 Å². The molecule has 8 nitrogen and oxygen atoms in total. The molecule has 4 rings (SSSR count). The van der Waals surface area contributed by atoms with Gasteiger partial charge in [0.15, 0.2) is 0 Å². The fraction of sp³-hybridized carbons (Fsp3) is 0.294. The predicted octanol–water partition coefficient (Wildman–Crippen LogP) is 1.06. The second-order valence-corrected chi connectivity index (χ2v) is 5.87. The number of anilines is 1. The third-order valence-corrected chi connectivity index (χ3v) is 4.33. The standard InChI is InChI=1S/C17H17N7O/c18-4-11-3-12(7-20-6-11)14-8-21-16-15(14)17(23-10-22-16)24-1-2-25-13(5-19)9-24/h3,6-8,10,13H,1-2,5,9,19H2,(H,21,22,23). The number of nitriles is 1. The van der Waals surface area contributed by atoms with Crippen molar-refractivity contribution in [1.82, 2.24) is 19.9 Å². The van der Waals surface area contributed by atoms with E-state index in [0.29, 0.717) is 25.3 Å². The molecule has 1 fully saturated rings. The SMILES string of the molecule is N#Cc1cncc(-c2c[nH]c3ncnc(N4CCOC(CN)C4)c23)c1. The van der Waals surface area contributed by atoms with Crippen LogP contribution < -0.4 is 10.6 Å². The van der Waals surface area contributed by atoms with E-state index in [2.05, 4.69) is 30.9 Å². The Balaban J connectivity index is 1.83. The Morgan fingerprint density at radius 2 is 2.32 bits per heavy atom. The van der Waals surface area contributed by atoms with E-state index < -0.39 is 0 Å². The van der Waals surface area contributed by atoms with Gasteiger partial charge in [-0.05, 0) is 6.07 Å². The molecule has 1 atom stereocenters. The van der Waals surface area contributed by atoms with E-state index >= 15 is 0 Å². The summed E-state index contributed by atoms with van der Waals surface area (Å²) in [4.78, 5) is 18.4. The number of nitrogens with zero attached hydrogens (tertiary/aromatic N) is 5. The van der Waals surface area contributed by atoms with E-state index in [9.17, 15) is 0 Å². The fourth-order valence-corrected chi connectivity index (χ4v) is 3.12. The minimum Gasteiger partial charge on any atom is -0.373 e. The molecule has 0 bridgehead atoms. The number of pyridine rings is 1. The summed E-state index contributed by atoms with van der Waals surface area (Å²) in [6.45, 7) is 2.50. The van der Waals surface area contributed by atoms with Crippen LogP contribution in [-0.4, -0.2) is 52.3 Å². The number of rotatable bonds is 3. The number of nitrogens with two attached hydrogens (primary N) is 1. The number of hydrogen-bond donors (Lipinski definition) is 2. The predicted molar refractivity (Wildman–Crippen MR) is 92.8 cm³/mol. The number of hydrogen-bond acceptors (Lipinski definition) is 7. The topological polar surface area (TPSA) is 117 Å². The van der Waals surface area contributed by atoms with Crippen LogP contribution in [0.3, 0.4) is 0 Å². The maximum atomic E-state index is 9.13. The normalized spacial score (nSPS) is 17.6. The van der Waals surface area contributed by atoms with Gasteiger partial charge in [0.2, 0.25) is 0 Å². The van der Waals surface area contributed by atoms with E-state index in [1.54, 1.807) is 18.7 Å². The lowest BCUT2D eigenvalue weighted by atomic mass is 10.1. The summed E-state index contributed by atoms with van der Waals surface area (Å²) in [5.74, 6) is 0.838. The van der Waals surface area contributed by atoms with Crippen molar-refractivity contribution in [3.8, 4) is 17.2 Å². The van der Waals surface area contributed by atoms with Crippen LogP contribution in [0, 0.1) is 11.3 Å². The average molecular weight is 335 g/mol. The Labute approximate surface area is 144 Å². The number of ether oxygens (including phenoxy) is 1. The molecule has 25 heavy (non-hydrogen) atoms. The lowest BCUT2D eigenvalue weighted by Crippen LogP contribution is -2.46. The van der Waals surface area contributed by atoms with Gasteiger partial charge in [-0.1, -0.05) is 0 Å². The lowest BCUT2D eigenvalue weighted by Gasteiger charge is -2.33. The maximum Gasteiger partial charge on any atom is 0.143 e. The first-order valence-corrected chi connectivity index (χ1v) is 8.04. The van der Waals surface area contributed by atoms with Crippen LogP contribution in [0.15, 0.2) is 31.0 Å². The number of morpholine rings is 1. The monoisotopic (exact) mass is 335 g/mol. The van der Waals surface area contributed by atoms with Gasteiger partial charge >= 0.3 is 0 Å². The van der Waals surface area contributed by atoms with Crippen molar-refractivity contribution in [2.75, 3.05) is 31.1 Å². The summed E-state index contributed by atoms with van der Waals surface area (Å²) in [7, 11) is 0. The maximum absolute atomic E-state index is 9.13. The molecule has 1 unspecified atom stereocenters. The zero-order chi connectivity index (χ0) is 17.2. The van der Waals surface area contributed by atoms with E-state index in [-0.39, 0.29) is 6.10 Å². The molecule has 0 aliphatic carbocycles. The van der Waals surface area contributed by atoms with Gasteiger partial charge in [0.25, 0.3) is 0 Å². The molecule has 0 amide bonds. The van der Waals surface area contributed by atoms with Crippen LogP contribution in [-0.2, 0) is 4.74 Å². The van der Waals surface area contributed by atoms with E-state index in [4.69, 9.17) is 15.7 Å². The molecule has 0 spiro atoms. The highest BCUT2D eigenvalue weighted by Gasteiger charge is 2.24. The molecule has 8 heteroatoms. The highest BCUT2D eigenvalue weighted by molar-refractivity contribution is 6.01. The summed E-state index contributed by atoms with van der Waals surface area (Å²) in [5, 5.41) is 10.0. The first-order valence-electron chi connectivity index (χ1n) is 8.04. The van der Waals surface area contributed by atoms with Crippen LogP contribution in [0.25, 0.3) is 22.2 Å². The Morgan fingerprint density at radius 3 is 3.16 bits per heavy atom. The zero-order valence-corrected chi connectivity index (χ0v) is 13.5. The summed E-state index contributed by atoms with van der Waals surface area (Å²) in [6.07, 6.45) is 6.70. The van der Waals surface area contributed by atoms with Crippen molar-refractivity contribution in [3.63, 3.8) is 0 Å².